The molecule has 3 aliphatic rings. The van der Waals surface area contributed by atoms with E-state index in [2.05, 4.69) is 10.6 Å². The van der Waals surface area contributed by atoms with E-state index in [0.29, 0.717) is 24.9 Å². The molecule has 0 radical (unpaired) electrons. The SMILES string of the molecule is COCC(=O)N1CC[C@@H]2NC(=O)[C@H]3C[C@H](NC(=O)c4cc(C)ccc4C)CN3C(=O)[C@H]21. The van der Waals surface area contributed by atoms with Crippen LogP contribution in [0.25, 0.3) is 0 Å². The van der Waals surface area contributed by atoms with Crippen molar-refractivity contribution in [2.24, 2.45) is 0 Å². The molecular weight excluding hydrogens is 400 g/mol. The van der Waals surface area contributed by atoms with Gasteiger partial charge in [0, 0.05) is 31.8 Å². The van der Waals surface area contributed by atoms with Crippen LogP contribution in [-0.2, 0) is 19.1 Å². The lowest BCUT2D eigenvalue weighted by molar-refractivity contribution is -0.146. The van der Waals surface area contributed by atoms with Crippen molar-refractivity contribution in [3.8, 4) is 0 Å². The summed E-state index contributed by atoms with van der Waals surface area (Å²) in [4.78, 5) is 54.5. The summed E-state index contributed by atoms with van der Waals surface area (Å²) in [5.74, 6) is -0.966. The molecule has 3 aliphatic heterocycles. The molecule has 4 atom stereocenters. The van der Waals surface area contributed by atoms with E-state index >= 15 is 0 Å². The molecule has 2 N–H and O–H groups in total. The number of nitrogens with zero attached hydrogens (tertiary/aromatic N) is 2. The highest BCUT2D eigenvalue weighted by Gasteiger charge is 2.52. The maximum Gasteiger partial charge on any atom is 0.251 e. The summed E-state index contributed by atoms with van der Waals surface area (Å²) >= 11 is 0. The predicted molar refractivity (Wildman–Crippen MR) is 111 cm³/mol. The van der Waals surface area contributed by atoms with Crippen molar-refractivity contribution in [2.75, 3.05) is 26.8 Å². The van der Waals surface area contributed by atoms with Crippen molar-refractivity contribution in [3.05, 3.63) is 34.9 Å². The maximum absolute atomic E-state index is 13.4. The Labute approximate surface area is 181 Å². The van der Waals surface area contributed by atoms with Gasteiger partial charge in [-0.2, -0.15) is 0 Å². The highest BCUT2D eigenvalue weighted by molar-refractivity contribution is 5.98. The molecule has 166 valence electrons. The van der Waals surface area contributed by atoms with Crippen molar-refractivity contribution < 1.29 is 23.9 Å². The Morgan fingerprint density at radius 2 is 2.03 bits per heavy atom. The molecule has 3 heterocycles. The van der Waals surface area contributed by atoms with Crippen LogP contribution in [0.3, 0.4) is 0 Å². The summed E-state index contributed by atoms with van der Waals surface area (Å²) in [7, 11) is 1.43. The lowest BCUT2D eigenvalue weighted by Gasteiger charge is -2.29. The molecule has 3 fully saturated rings. The van der Waals surface area contributed by atoms with Gasteiger partial charge in [-0.1, -0.05) is 17.7 Å². The number of fused-ring (bicyclic) bond motifs is 2. The molecule has 3 saturated heterocycles. The molecule has 9 nitrogen and oxygen atoms in total. The van der Waals surface area contributed by atoms with Crippen LogP contribution in [0.2, 0.25) is 0 Å². The number of nitrogens with one attached hydrogen (secondary N) is 2. The number of carbonyl (C=O) groups excluding carboxylic acids is 4. The molecule has 9 heteroatoms. The van der Waals surface area contributed by atoms with Crippen LogP contribution < -0.4 is 10.6 Å². The fourth-order valence-corrected chi connectivity index (χ4v) is 4.86. The summed E-state index contributed by atoms with van der Waals surface area (Å²) in [6.45, 7) is 4.33. The van der Waals surface area contributed by atoms with E-state index in [4.69, 9.17) is 4.74 Å². The molecule has 1 aromatic carbocycles. The second kappa shape index (κ2) is 8.30. The summed E-state index contributed by atoms with van der Waals surface area (Å²) in [5.41, 5.74) is 2.44. The van der Waals surface area contributed by atoms with Crippen molar-refractivity contribution >= 4 is 23.6 Å². The van der Waals surface area contributed by atoms with Gasteiger partial charge in [0.1, 0.15) is 18.7 Å². The molecule has 0 bridgehead atoms. The predicted octanol–water partition coefficient (Wildman–Crippen LogP) is -0.252. The number of carbonyl (C=O) groups is 4. The maximum atomic E-state index is 13.4. The number of aryl methyl sites for hydroxylation is 2. The molecule has 0 aliphatic carbocycles. The van der Waals surface area contributed by atoms with E-state index in [1.165, 1.54) is 16.9 Å². The molecule has 4 rings (SSSR count). The first-order chi connectivity index (χ1) is 14.8. The Morgan fingerprint density at radius 3 is 2.77 bits per heavy atom. The van der Waals surface area contributed by atoms with E-state index in [0.717, 1.165) is 11.1 Å². The van der Waals surface area contributed by atoms with Gasteiger partial charge in [-0.3, -0.25) is 19.2 Å². The number of methoxy groups -OCH3 is 1. The molecule has 0 unspecified atom stereocenters. The minimum atomic E-state index is -0.731. The van der Waals surface area contributed by atoms with Crippen LogP contribution in [0.1, 0.15) is 34.3 Å². The van der Waals surface area contributed by atoms with Gasteiger partial charge in [0.2, 0.25) is 17.7 Å². The number of likely N-dealkylation sites (tertiary alicyclic amines) is 1. The number of amides is 4. The number of ether oxygens (including phenoxy) is 1. The van der Waals surface area contributed by atoms with Gasteiger partial charge < -0.3 is 25.2 Å². The van der Waals surface area contributed by atoms with E-state index in [1.54, 1.807) is 0 Å². The first kappa shape index (κ1) is 21.3. The van der Waals surface area contributed by atoms with Gasteiger partial charge in [-0.25, -0.2) is 0 Å². The van der Waals surface area contributed by atoms with Crippen molar-refractivity contribution in [1.29, 1.82) is 0 Å². The van der Waals surface area contributed by atoms with Crippen LogP contribution >= 0.6 is 0 Å². The monoisotopic (exact) mass is 428 g/mol. The second-order valence-electron chi connectivity index (χ2n) is 8.60. The number of hydrogen-bond donors (Lipinski definition) is 2. The minimum absolute atomic E-state index is 0.109. The zero-order valence-electron chi connectivity index (χ0n) is 18.0. The molecule has 0 aromatic heterocycles. The third-order valence-electron chi connectivity index (χ3n) is 6.43. The normalized spacial score (nSPS) is 27.5. The average Bonchev–Trinajstić information content (AvgIpc) is 3.32. The summed E-state index contributed by atoms with van der Waals surface area (Å²) in [6, 6.07) is 3.56. The van der Waals surface area contributed by atoms with Crippen molar-refractivity contribution in [1.82, 2.24) is 20.4 Å². The van der Waals surface area contributed by atoms with Gasteiger partial charge in [0.25, 0.3) is 5.91 Å². The topological polar surface area (TPSA) is 108 Å². The van der Waals surface area contributed by atoms with Crippen LogP contribution in [0.4, 0.5) is 0 Å². The smallest absolute Gasteiger partial charge is 0.251 e. The first-order valence-corrected chi connectivity index (χ1v) is 10.6. The molecule has 31 heavy (non-hydrogen) atoms. The van der Waals surface area contributed by atoms with Gasteiger partial charge in [0.15, 0.2) is 0 Å². The largest absolute Gasteiger partial charge is 0.375 e. The third kappa shape index (κ3) is 3.89. The van der Waals surface area contributed by atoms with E-state index in [-0.39, 0.29) is 42.8 Å². The number of hydrogen-bond acceptors (Lipinski definition) is 5. The summed E-state index contributed by atoms with van der Waals surface area (Å²) < 4.78 is 4.94. The average molecular weight is 428 g/mol. The quantitative estimate of drug-likeness (QED) is 0.688. The van der Waals surface area contributed by atoms with Crippen molar-refractivity contribution in [2.45, 2.75) is 50.9 Å². The van der Waals surface area contributed by atoms with Gasteiger partial charge in [-0.05, 0) is 38.3 Å². The molecule has 0 saturated carbocycles. The Balaban J connectivity index is 1.51. The molecular formula is C22H28N4O5. The van der Waals surface area contributed by atoms with Crippen LogP contribution in [0, 0.1) is 13.8 Å². The van der Waals surface area contributed by atoms with Crippen LogP contribution in [-0.4, -0.2) is 84.4 Å². The third-order valence-corrected chi connectivity index (χ3v) is 6.43. The first-order valence-electron chi connectivity index (χ1n) is 10.6. The zero-order chi connectivity index (χ0) is 22.3. The van der Waals surface area contributed by atoms with Crippen LogP contribution in [0.15, 0.2) is 18.2 Å². The Morgan fingerprint density at radius 1 is 1.26 bits per heavy atom. The Bertz CT molecular complexity index is 932. The fraction of sp³-hybridized carbons (Fsp3) is 0.545. The lowest BCUT2D eigenvalue weighted by Crippen LogP contribution is -2.53. The molecule has 4 amide bonds. The lowest BCUT2D eigenvalue weighted by atomic mass is 10.0. The van der Waals surface area contributed by atoms with Crippen LogP contribution in [0.5, 0.6) is 0 Å². The van der Waals surface area contributed by atoms with Crippen molar-refractivity contribution in [3.63, 3.8) is 0 Å². The Kier molecular flexibility index (Phi) is 5.70. The second-order valence-corrected chi connectivity index (χ2v) is 8.60. The molecule has 1 aromatic rings. The zero-order valence-corrected chi connectivity index (χ0v) is 18.0. The number of benzene rings is 1. The van der Waals surface area contributed by atoms with Gasteiger partial charge in [0.05, 0.1) is 6.04 Å². The summed E-state index contributed by atoms with van der Waals surface area (Å²) in [5, 5.41) is 5.92. The van der Waals surface area contributed by atoms with E-state index in [1.807, 2.05) is 32.0 Å². The highest BCUT2D eigenvalue weighted by Crippen LogP contribution is 2.29. The summed E-state index contributed by atoms with van der Waals surface area (Å²) in [6.07, 6.45) is 0.880. The Hall–Kier alpha value is -2.94. The molecule has 0 spiro atoms. The van der Waals surface area contributed by atoms with Gasteiger partial charge >= 0.3 is 0 Å². The highest BCUT2D eigenvalue weighted by atomic mass is 16.5. The van der Waals surface area contributed by atoms with E-state index < -0.39 is 18.1 Å². The minimum Gasteiger partial charge on any atom is -0.375 e. The fourth-order valence-electron chi connectivity index (χ4n) is 4.86. The van der Waals surface area contributed by atoms with E-state index in [9.17, 15) is 19.2 Å². The number of rotatable bonds is 4. The standard InChI is InChI=1S/C22H28N4O5/c1-12-4-5-13(2)15(8-12)20(28)23-14-9-17-21(29)24-16-6-7-25(18(27)11-31-3)19(16)22(30)26(17)10-14/h4-5,8,14,16-17,19H,6-7,9-11H2,1-3H3,(H,23,28)(H,24,29)/t14-,16-,17+,19-/m0/s1. The van der Waals surface area contributed by atoms with Gasteiger partial charge in [-0.15, -0.1) is 0 Å².